The second kappa shape index (κ2) is 5.79. The number of alkyl halides is 1. The van der Waals surface area contributed by atoms with Gasteiger partial charge >= 0.3 is 5.97 Å². The normalized spacial score (nSPS) is 12.2. The van der Waals surface area contributed by atoms with Crippen molar-refractivity contribution in [3.63, 3.8) is 0 Å². The van der Waals surface area contributed by atoms with E-state index >= 15 is 0 Å². The van der Waals surface area contributed by atoms with Gasteiger partial charge in [0.25, 0.3) is 0 Å². The van der Waals surface area contributed by atoms with Crippen molar-refractivity contribution in [1.82, 2.24) is 5.32 Å². The maximum Gasteiger partial charge on any atom is 0.327 e. The molecule has 5 nitrogen and oxygen atoms in total. The first-order chi connectivity index (χ1) is 5.61. The average molecular weight is 195 g/mol. The fourth-order valence-electron chi connectivity index (χ4n) is 0.564. The lowest BCUT2D eigenvalue weighted by molar-refractivity contribution is -0.141. The number of hydrogen-bond acceptors (Lipinski definition) is 3. The SMILES string of the molecule is NCCC(=O)N[C@@H](CCl)C(=O)O. The summed E-state index contributed by atoms with van der Waals surface area (Å²) >= 11 is 5.28. The monoisotopic (exact) mass is 194 g/mol. The highest BCUT2D eigenvalue weighted by molar-refractivity contribution is 6.19. The molecule has 1 atom stereocenters. The molecule has 0 spiro atoms. The van der Waals surface area contributed by atoms with Crippen LogP contribution in [0.15, 0.2) is 0 Å². The third-order valence-corrected chi connectivity index (χ3v) is 1.47. The molecule has 0 aliphatic carbocycles. The van der Waals surface area contributed by atoms with Gasteiger partial charge in [-0.1, -0.05) is 0 Å². The molecule has 0 aliphatic rings. The van der Waals surface area contributed by atoms with Gasteiger partial charge in [-0.2, -0.15) is 0 Å². The molecule has 12 heavy (non-hydrogen) atoms. The van der Waals surface area contributed by atoms with Gasteiger partial charge in [0.15, 0.2) is 0 Å². The Morgan fingerprint density at radius 3 is 2.50 bits per heavy atom. The number of carboxylic acids is 1. The van der Waals surface area contributed by atoms with Crippen molar-refractivity contribution >= 4 is 23.5 Å². The minimum absolute atomic E-state index is 0.112. The number of nitrogens with one attached hydrogen (secondary N) is 1. The minimum Gasteiger partial charge on any atom is -0.480 e. The highest BCUT2D eigenvalue weighted by atomic mass is 35.5. The molecular formula is C6H11ClN2O3. The van der Waals surface area contributed by atoms with E-state index in [2.05, 4.69) is 5.32 Å². The second-order valence-electron chi connectivity index (χ2n) is 2.15. The van der Waals surface area contributed by atoms with Crippen LogP contribution in [0.25, 0.3) is 0 Å². The lowest BCUT2D eigenvalue weighted by atomic mass is 10.3. The van der Waals surface area contributed by atoms with Crippen LogP contribution < -0.4 is 11.1 Å². The van der Waals surface area contributed by atoms with Crippen LogP contribution in [0, 0.1) is 0 Å². The molecule has 0 aromatic rings. The fourth-order valence-corrected chi connectivity index (χ4v) is 0.773. The number of carbonyl (C=O) groups excluding carboxylic acids is 1. The van der Waals surface area contributed by atoms with Crippen molar-refractivity contribution in [2.45, 2.75) is 12.5 Å². The molecular weight excluding hydrogens is 184 g/mol. The van der Waals surface area contributed by atoms with E-state index in [1.165, 1.54) is 0 Å². The number of carboxylic acid groups (broad SMARTS) is 1. The van der Waals surface area contributed by atoms with E-state index in [1.54, 1.807) is 0 Å². The Labute approximate surface area is 74.9 Å². The summed E-state index contributed by atoms with van der Waals surface area (Å²) in [5.41, 5.74) is 5.08. The van der Waals surface area contributed by atoms with Gasteiger partial charge in [0.05, 0.1) is 5.88 Å². The average Bonchev–Trinajstić information content (AvgIpc) is 2.00. The number of carbonyl (C=O) groups is 2. The quantitative estimate of drug-likeness (QED) is 0.497. The molecule has 0 heterocycles. The van der Waals surface area contributed by atoms with E-state index in [9.17, 15) is 9.59 Å². The first kappa shape index (κ1) is 11.2. The minimum atomic E-state index is -1.14. The number of amides is 1. The van der Waals surface area contributed by atoms with Crippen molar-refractivity contribution < 1.29 is 14.7 Å². The van der Waals surface area contributed by atoms with Gasteiger partial charge in [-0.3, -0.25) is 4.79 Å². The smallest absolute Gasteiger partial charge is 0.327 e. The Balaban J connectivity index is 3.85. The Kier molecular flexibility index (Phi) is 5.40. The predicted octanol–water partition coefficient (Wildman–Crippen LogP) is -0.857. The summed E-state index contributed by atoms with van der Waals surface area (Å²) in [6.07, 6.45) is 0.112. The largest absolute Gasteiger partial charge is 0.480 e. The van der Waals surface area contributed by atoms with E-state index < -0.39 is 17.9 Å². The number of aliphatic carboxylic acids is 1. The lowest BCUT2D eigenvalue weighted by Crippen LogP contribution is -2.42. The van der Waals surface area contributed by atoms with Crippen molar-refractivity contribution in [3.05, 3.63) is 0 Å². The maximum absolute atomic E-state index is 10.8. The Morgan fingerprint density at radius 2 is 2.17 bits per heavy atom. The zero-order valence-corrected chi connectivity index (χ0v) is 7.17. The van der Waals surface area contributed by atoms with Crippen LogP contribution in [-0.4, -0.2) is 35.4 Å². The molecule has 0 aromatic heterocycles. The number of hydrogen-bond donors (Lipinski definition) is 3. The molecule has 0 unspecified atom stereocenters. The maximum atomic E-state index is 10.8. The summed E-state index contributed by atoms with van der Waals surface area (Å²) in [7, 11) is 0. The zero-order chi connectivity index (χ0) is 9.56. The van der Waals surface area contributed by atoms with Crippen molar-refractivity contribution in [2.24, 2.45) is 5.73 Å². The highest BCUT2D eigenvalue weighted by Gasteiger charge is 2.17. The molecule has 0 aromatic carbocycles. The molecule has 4 N–H and O–H groups in total. The van der Waals surface area contributed by atoms with Crippen LogP contribution in [0.2, 0.25) is 0 Å². The zero-order valence-electron chi connectivity index (χ0n) is 6.42. The molecule has 0 saturated carbocycles. The summed E-state index contributed by atoms with van der Waals surface area (Å²) in [5.74, 6) is -1.69. The first-order valence-corrected chi connectivity index (χ1v) is 3.93. The summed E-state index contributed by atoms with van der Waals surface area (Å²) in [6, 6.07) is -1.02. The number of rotatable bonds is 5. The summed E-state index contributed by atoms with van der Waals surface area (Å²) in [6.45, 7) is 0.195. The first-order valence-electron chi connectivity index (χ1n) is 3.40. The number of nitrogens with two attached hydrogens (primary N) is 1. The summed E-state index contributed by atoms with van der Waals surface area (Å²) in [4.78, 5) is 21.1. The number of halogens is 1. The molecule has 70 valence electrons. The van der Waals surface area contributed by atoms with Crippen LogP contribution in [0.5, 0.6) is 0 Å². The van der Waals surface area contributed by atoms with Crippen LogP contribution in [0.3, 0.4) is 0 Å². The van der Waals surface area contributed by atoms with Crippen LogP contribution in [-0.2, 0) is 9.59 Å². The molecule has 0 aliphatic heterocycles. The summed E-state index contributed by atoms with van der Waals surface area (Å²) < 4.78 is 0. The standard InChI is InChI=1S/C6H11ClN2O3/c7-3-4(6(11)12)9-5(10)1-2-8/h4H,1-3,8H2,(H,9,10)(H,11,12)/t4-/m0/s1. The van der Waals surface area contributed by atoms with E-state index in [0.717, 1.165) is 0 Å². The van der Waals surface area contributed by atoms with Crippen molar-refractivity contribution in [1.29, 1.82) is 0 Å². The van der Waals surface area contributed by atoms with Crippen LogP contribution in [0.4, 0.5) is 0 Å². The topological polar surface area (TPSA) is 92.4 Å². The van der Waals surface area contributed by atoms with Crippen molar-refractivity contribution in [3.8, 4) is 0 Å². The Morgan fingerprint density at radius 1 is 1.58 bits per heavy atom. The van der Waals surface area contributed by atoms with Gasteiger partial charge in [-0.25, -0.2) is 4.79 Å². The van der Waals surface area contributed by atoms with Crippen molar-refractivity contribution in [2.75, 3.05) is 12.4 Å². The highest BCUT2D eigenvalue weighted by Crippen LogP contribution is 1.89. The molecule has 0 saturated heterocycles. The third-order valence-electron chi connectivity index (χ3n) is 1.16. The van der Waals surface area contributed by atoms with Gasteiger partial charge in [-0.05, 0) is 0 Å². The van der Waals surface area contributed by atoms with E-state index in [-0.39, 0.29) is 18.8 Å². The van der Waals surface area contributed by atoms with E-state index in [0.29, 0.717) is 0 Å². The molecule has 6 heteroatoms. The predicted molar refractivity (Wildman–Crippen MR) is 44.0 cm³/mol. The molecule has 1 amide bonds. The fraction of sp³-hybridized carbons (Fsp3) is 0.667. The molecule has 0 bridgehead atoms. The molecule has 0 rings (SSSR count). The third kappa shape index (κ3) is 4.15. The second-order valence-corrected chi connectivity index (χ2v) is 2.46. The van der Waals surface area contributed by atoms with Crippen LogP contribution in [0.1, 0.15) is 6.42 Å². The van der Waals surface area contributed by atoms with Gasteiger partial charge < -0.3 is 16.2 Å². The molecule has 0 radical (unpaired) electrons. The van der Waals surface area contributed by atoms with Gasteiger partial charge in [0.2, 0.25) is 5.91 Å². The van der Waals surface area contributed by atoms with Crippen LogP contribution >= 0.6 is 11.6 Å². The van der Waals surface area contributed by atoms with E-state index in [4.69, 9.17) is 22.4 Å². The van der Waals surface area contributed by atoms with Gasteiger partial charge in [0, 0.05) is 13.0 Å². The lowest BCUT2D eigenvalue weighted by Gasteiger charge is -2.10. The van der Waals surface area contributed by atoms with Gasteiger partial charge in [0.1, 0.15) is 6.04 Å². The van der Waals surface area contributed by atoms with E-state index in [1.807, 2.05) is 0 Å². The Bertz CT molecular complexity index is 174. The molecule has 0 fully saturated rings. The Hall–Kier alpha value is -0.810. The summed E-state index contributed by atoms with van der Waals surface area (Å²) in [5, 5.41) is 10.7. The van der Waals surface area contributed by atoms with Gasteiger partial charge in [-0.15, -0.1) is 11.6 Å².